The summed E-state index contributed by atoms with van der Waals surface area (Å²) in [5.41, 5.74) is 0.702. The molecule has 0 unspecified atom stereocenters. The third-order valence-electron chi connectivity index (χ3n) is 3.42. The highest BCUT2D eigenvalue weighted by Crippen LogP contribution is 2.30. The summed E-state index contributed by atoms with van der Waals surface area (Å²) in [6, 6.07) is 11.3. The highest BCUT2D eigenvalue weighted by molar-refractivity contribution is 5.40. The molecule has 0 spiro atoms. The Balaban J connectivity index is 1.60. The Morgan fingerprint density at radius 2 is 2.05 bits per heavy atom. The van der Waals surface area contributed by atoms with Crippen molar-refractivity contribution < 1.29 is 9.47 Å². The summed E-state index contributed by atoms with van der Waals surface area (Å²) in [6.45, 7) is 1.80. The second kappa shape index (κ2) is 6.01. The topological polar surface area (TPSA) is 54.6 Å². The van der Waals surface area contributed by atoms with Crippen molar-refractivity contribution in [3.8, 4) is 11.5 Å². The number of rotatable bonds is 4. The van der Waals surface area contributed by atoms with Crippen LogP contribution in [-0.4, -0.2) is 36.2 Å². The van der Waals surface area contributed by atoms with Gasteiger partial charge in [-0.3, -0.25) is 9.69 Å². The molecule has 0 fully saturated rings. The van der Waals surface area contributed by atoms with Gasteiger partial charge in [0, 0.05) is 24.8 Å². The molecule has 110 valence electrons. The number of fused-ring (bicyclic) bond motifs is 1. The smallest absolute Gasteiger partial charge is 0.252 e. The summed E-state index contributed by atoms with van der Waals surface area (Å²) in [4.78, 5) is 16.4. The van der Waals surface area contributed by atoms with Gasteiger partial charge in [-0.1, -0.05) is 18.2 Å². The highest BCUT2D eigenvalue weighted by Gasteiger charge is 2.22. The van der Waals surface area contributed by atoms with E-state index in [0.717, 1.165) is 17.1 Å². The third-order valence-corrected chi connectivity index (χ3v) is 3.42. The van der Waals surface area contributed by atoms with Crippen LogP contribution < -0.4 is 15.0 Å². The first kappa shape index (κ1) is 13.7. The van der Waals surface area contributed by atoms with E-state index >= 15 is 0 Å². The number of H-pyrrole nitrogens is 1. The zero-order chi connectivity index (χ0) is 14.7. The molecular formula is C16H18N2O3. The lowest BCUT2D eigenvalue weighted by molar-refractivity contribution is 0.0637. The number of hydrogen-bond acceptors (Lipinski definition) is 4. The summed E-state index contributed by atoms with van der Waals surface area (Å²) >= 11 is 0. The summed E-state index contributed by atoms with van der Waals surface area (Å²) in [6.07, 6.45) is 1.61. The molecule has 3 rings (SSSR count). The Morgan fingerprint density at radius 1 is 1.24 bits per heavy atom. The number of aromatic amines is 1. The maximum Gasteiger partial charge on any atom is 0.252 e. The molecule has 1 N–H and O–H groups in total. The molecule has 1 aliphatic rings. The van der Waals surface area contributed by atoms with Gasteiger partial charge in [-0.2, -0.15) is 0 Å². The van der Waals surface area contributed by atoms with Crippen molar-refractivity contribution in [1.82, 2.24) is 9.88 Å². The van der Waals surface area contributed by atoms with Gasteiger partial charge in [0.1, 0.15) is 12.7 Å². The molecule has 0 bridgehead atoms. The second-order valence-corrected chi connectivity index (χ2v) is 5.22. The SMILES string of the molecule is CN(Cc1ccc[nH]c1=O)C[C@@H]1COc2ccccc2O1. The van der Waals surface area contributed by atoms with Crippen molar-refractivity contribution in [3.63, 3.8) is 0 Å². The lowest BCUT2D eigenvalue weighted by atomic mass is 10.2. The second-order valence-electron chi connectivity index (χ2n) is 5.22. The van der Waals surface area contributed by atoms with Gasteiger partial charge < -0.3 is 14.5 Å². The van der Waals surface area contributed by atoms with Gasteiger partial charge in [0.25, 0.3) is 5.56 Å². The molecule has 0 saturated heterocycles. The molecule has 1 aromatic heterocycles. The lowest BCUT2D eigenvalue weighted by Gasteiger charge is -2.29. The van der Waals surface area contributed by atoms with Gasteiger partial charge in [-0.25, -0.2) is 0 Å². The van der Waals surface area contributed by atoms with Gasteiger partial charge in [-0.15, -0.1) is 0 Å². The van der Waals surface area contributed by atoms with E-state index in [9.17, 15) is 4.79 Å². The fourth-order valence-corrected chi connectivity index (χ4v) is 2.44. The van der Waals surface area contributed by atoms with Crippen LogP contribution in [0.5, 0.6) is 11.5 Å². The Morgan fingerprint density at radius 3 is 2.86 bits per heavy atom. The molecule has 0 amide bonds. The number of nitrogens with zero attached hydrogens (tertiary/aromatic N) is 1. The molecule has 2 aromatic rings. The number of likely N-dealkylation sites (N-methyl/N-ethyl adjacent to an activating group) is 1. The zero-order valence-corrected chi connectivity index (χ0v) is 11.9. The van der Waals surface area contributed by atoms with Gasteiger partial charge >= 0.3 is 0 Å². The minimum atomic E-state index is -0.0458. The molecule has 2 heterocycles. The van der Waals surface area contributed by atoms with E-state index in [1.807, 2.05) is 43.4 Å². The maximum absolute atomic E-state index is 11.7. The number of aromatic nitrogens is 1. The predicted octanol–water partition coefficient (Wildman–Crippen LogP) is 1.65. The van der Waals surface area contributed by atoms with Crippen LogP contribution in [0.1, 0.15) is 5.56 Å². The van der Waals surface area contributed by atoms with E-state index in [2.05, 4.69) is 9.88 Å². The standard InChI is InChI=1S/C16H18N2O3/c1-18(9-12-5-4-8-17-16(12)19)10-13-11-20-14-6-2-3-7-15(14)21-13/h2-8,13H,9-11H2,1H3,(H,17,19)/t13-/m1/s1. The van der Waals surface area contributed by atoms with E-state index in [4.69, 9.17) is 9.47 Å². The minimum Gasteiger partial charge on any atom is -0.486 e. The van der Waals surface area contributed by atoms with Crippen LogP contribution in [0.3, 0.4) is 0 Å². The average Bonchev–Trinajstić information content (AvgIpc) is 2.49. The number of para-hydroxylation sites is 2. The number of pyridine rings is 1. The van der Waals surface area contributed by atoms with Crippen molar-refractivity contribution in [1.29, 1.82) is 0 Å². The van der Waals surface area contributed by atoms with Gasteiger partial charge in [-0.05, 0) is 25.2 Å². The largest absolute Gasteiger partial charge is 0.486 e. The Bertz CT molecular complexity index is 668. The maximum atomic E-state index is 11.7. The Kier molecular flexibility index (Phi) is 3.92. The van der Waals surface area contributed by atoms with Crippen molar-refractivity contribution in [2.24, 2.45) is 0 Å². The van der Waals surface area contributed by atoms with Crippen LogP contribution >= 0.6 is 0 Å². The first-order valence-electron chi connectivity index (χ1n) is 6.96. The minimum absolute atomic E-state index is 0.0345. The first-order chi connectivity index (χ1) is 10.2. The van der Waals surface area contributed by atoms with Crippen molar-refractivity contribution in [3.05, 3.63) is 58.5 Å². The van der Waals surface area contributed by atoms with Gasteiger partial charge in [0.15, 0.2) is 11.5 Å². The van der Waals surface area contributed by atoms with Crippen LogP contribution in [0.4, 0.5) is 0 Å². The molecule has 1 aromatic carbocycles. The Hall–Kier alpha value is -2.27. The summed E-state index contributed by atoms with van der Waals surface area (Å²) in [5, 5.41) is 0. The van der Waals surface area contributed by atoms with Crippen molar-refractivity contribution in [2.45, 2.75) is 12.6 Å². The van der Waals surface area contributed by atoms with E-state index < -0.39 is 0 Å². The first-order valence-corrected chi connectivity index (χ1v) is 6.96. The summed E-state index contributed by atoms with van der Waals surface area (Å²) in [5.74, 6) is 1.57. The van der Waals surface area contributed by atoms with Gasteiger partial charge in [0.05, 0.1) is 0 Å². The van der Waals surface area contributed by atoms with Crippen LogP contribution in [0, 0.1) is 0 Å². The van der Waals surface area contributed by atoms with E-state index in [-0.39, 0.29) is 11.7 Å². The number of benzene rings is 1. The molecule has 1 atom stereocenters. The van der Waals surface area contributed by atoms with Crippen LogP contribution in [0.25, 0.3) is 0 Å². The molecule has 5 heteroatoms. The zero-order valence-electron chi connectivity index (χ0n) is 11.9. The molecule has 21 heavy (non-hydrogen) atoms. The van der Waals surface area contributed by atoms with Crippen LogP contribution in [0.2, 0.25) is 0 Å². The molecule has 1 aliphatic heterocycles. The molecular weight excluding hydrogens is 268 g/mol. The molecule has 0 aliphatic carbocycles. The van der Waals surface area contributed by atoms with Gasteiger partial charge in [0.2, 0.25) is 0 Å². The normalized spacial score (nSPS) is 17.0. The van der Waals surface area contributed by atoms with Crippen molar-refractivity contribution in [2.75, 3.05) is 20.2 Å². The number of nitrogens with one attached hydrogen (secondary N) is 1. The predicted molar refractivity (Wildman–Crippen MR) is 79.7 cm³/mol. The Labute approximate surface area is 123 Å². The molecule has 5 nitrogen and oxygen atoms in total. The quantitative estimate of drug-likeness (QED) is 0.928. The molecule has 0 saturated carbocycles. The fourth-order valence-electron chi connectivity index (χ4n) is 2.44. The highest BCUT2D eigenvalue weighted by atomic mass is 16.6. The fraction of sp³-hybridized carbons (Fsp3) is 0.312. The van der Waals surface area contributed by atoms with E-state index in [1.54, 1.807) is 6.20 Å². The lowest BCUT2D eigenvalue weighted by Crippen LogP contribution is -2.39. The van der Waals surface area contributed by atoms with E-state index in [0.29, 0.717) is 19.7 Å². The van der Waals surface area contributed by atoms with Crippen LogP contribution in [0.15, 0.2) is 47.4 Å². The summed E-state index contributed by atoms with van der Waals surface area (Å²) in [7, 11) is 1.97. The average molecular weight is 286 g/mol. The number of hydrogen-bond donors (Lipinski definition) is 1. The number of ether oxygens (including phenoxy) is 2. The summed E-state index contributed by atoms with van der Waals surface area (Å²) < 4.78 is 11.6. The third kappa shape index (κ3) is 3.25. The molecule has 0 radical (unpaired) electrons. The monoisotopic (exact) mass is 286 g/mol. The van der Waals surface area contributed by atoms with E-state index in [1.165, 1.54) is 0 Å². The van der Waals surface area contributed by atoms with Crippen LogP contribution in [-0.2, 0) is 6.54 Å². The van der Waals surface area contributed by atoms with Crippen molar-refractivity contribution >= 4 is 0 Å².